The van der Waals surface area contributed by atoms with Crippen LogP contribution >= 0.6 is 38.2 Å². The predicted octanol–water partition coefficient (Wildman–Crippen LogP) is 1.74. The van der Waals surface area contributed by atoms with Gasteiger partial charge in [0.15, 0.2) is 18.6 Å². The predicted molar refractivity (Wildman–Crippen MR) is 102 cm³/mol. The molecule has 0 bridgehead atoms. The second kappa shape index (κ2) is 7.56. The third-order valence-corrected chi connectivity index (χ3v) is 5.70. The van der Waals surface area contributed by atoms with Gasteiger partial charge in [0.1, 0.15) is 18.1 Å². The topological polar surface area (TPSA) is 134 Å². The summed E-state index contributed by atoms with van der Waals surface area (Å²) in [6, 6.07) is -0.301. The van der Waals surface area contributed by atoms with E-state index in [0.717, 1.165) is 0 Å². The van der Waals surface area contributed by atoms with Gasteiger partial charge < -0.3 is 15.0 Å². The minimum atomic E-state index is -2.96. The summed E-state index contributed by atoms with van der Waals surface area (Å²) in [6.07, 6.45) is 2.47. The van der Waals surface area contributed by atoms with E-state index in [-0.39, 0.29) is 18.5 Å². The molecular formula is C11H18N6O4P2S2. The van der Waals surface area contributed by atoms with Crippen molar-refractivity contribution in [2.45, 2.75) is 24.8 Å². The fourth-order valence-electron chi connectivity index (χ4n) is 2.66. The molecule has 1 fully saturated rings. The van der Waals surface area contributed by atoms with Crippen molar-refractivity contribution in [3.8, 4) is 0 Å². The second-order valence-corrected chi connectivity index (χ2v) is 11.8. The van der Waals surface area contributed by atoms with Gasteiger partial charge in [-0.2, -0.15) is 0 Å². The summed E-state index contributed by atoms with van der Waals surface area (Å²) in [5.41, 5.74) is 6.81. The highest BCUT2D eigenvalue weighted by Gasteiger charge is 2.38. The van der Waals surface area contributed by atoms with Gasteiger partial charge in [0.2, 0.25) is 0 Å². The van der Waals surface area contributed by atoms with E-state index in [1.807, 2.05) is 0 Å². The Morgan fingerprint density at radius 2 is 2.32 bits per heavy atom. The summed E-state index contributed by atoms with van der Waals surface area (Å²) in [7, 11) is -2.24. The molecule has 25 heavy (non-hydrogen) atoms. The van der Waals surface area contributed by atoms with E-state index in [2.05, 4.69) is 44.5 Å². The molecule has 0 saturated carbocycles. The third-order valence-electron chi connectivity index (χ3n) is 3.72. The van der Waals surface area contributed by atoms with E-state index in [1.54, 1.807) is 10.9 Å². The highest BCUT2D eigenvalue weighted by atomic mass is 32.7. The number of rotatable bonds is 6. The van der Waals surface area contributed by atoms with Crippen molar-refractivity contribution in [1.82, 2.24) is 24.6 Å². The summed E-state index contributed by atoms with van der Waals surface area (Å²) in [5, 5.41) is 2.88. The van der Waals surface area contributed by atoms with Crippen LogP contribution in [0.5, 0.6) is 0 Å². The maximum atomic E-state index is 11.7. The van der Waals surface area contributed by atoms with Gasteiger partial charge in [0.05, 0.1) is 19.0 Å². The minimum absolute atomic E-state index is 0.0398. The zero-order valence-electron chi connectivity index (χ0n) is 13.1. The summed E-state index contributed by atoms with van der Waals surface area (Å²) < 4.78 is 36.2. The van der Waals surface area contributed by atoms with Gasteiger partial charge in [-0.1, -0.05) is 12.2 Å². The number of hydrogen-bond acceptors (Lipinski definition) is 8. The molecule has 1 aliphatic rings. The number of imidazole rings is 1. The van der Waals surface area contributed by atoms with Crippen molar-refractivity contribution >= 4 is 55.2 Å². The van der Waals surface area contributed by atoms with Crippen molar-refractivity contribution < 1.29 is 18.4 Å². The number of fused-ring (bicyclic) bond motifs is 1. The van der Waals surface area contributed by atoms with Crippen LogP contribution in [0, 0.1) is 0 Å². The highest BCUT2D eigenvalue weighted by Crippen LogP contribution is 2.48. The molecule has 3 N–H and O–H groups in total. The van der Waals surface area contributed by atoms with Crippen molar-refractivity contribution in [3.63, 3.8) is 0 Å². The van der Waals surface area contributed by atoms with E-state index < -0.39 is 26.1 Å². The SMILES string of the molecule is CP(=O)(S)OC[C@H]1O[C@@H](n2cnc3c(N)ncnc32)C[C@@H]1N[PH](=O)S. The first-order valence-electron chi connectivity index (χ1n) is 7.27. The molecule has 2 unspecified atom stereocenters. The molecule has 2 aromatic heterocycles. The van der Waals surface area contributed by atoms with Crippen molar-refractivity contribution in [3.05, 3.63) is 12.7 Å². The van der Waals surface area contributed by atoms with E-state index in [4.69, 9.17) is 15.0 Å². The van der Waals surface area contributed by atoms with Crippen LogP contribution in [0.1, 0.15) is 12.6 Å². The zero-order valence-corrected chi connectivity index (χ0v) is 16.8. The standard InChI is InChI=1S/C11H18N6O4P2S2/c1-23(19,25)20-3-7-6(16-22(18)24)2-8(21-7)17-5-15-9-10(12)13-4-14-11(9)17/h4-8,22H,2-3H2,1H3,(H,19,25)(H2,12,13,14)(H2,16,18,24)/t6-,7+,8+,23?/m0/s1. The van der Waals surface area contributed by atoms with Crippen molar-refractivity contribution in [2.75, 3.05) is 19.0 Å². The Kier molecular flexibility index (Phi) is 5.79. The van der Waals surface area contributed by atoms with Crippen LogP contribution in [0.2, 0.25) is 0 Å². The Morgan fingerprint density at radius 1 is 1.56 bits per heavy atom. The lowest BCUT2D eigenvalue weighted by atomic mass is 10.1. The van der Waals surface area contributed by atoms with Crippen LogP contribution in [0.15, 0.2) is 12.7 Å². The van der Waals surface area contributed by atoms with Gasteiger partial charge >= 0.3 is 0 Å². The number of nitrogens with one attached hydrogen (secondary N) is 1. The average molecular weight is 424 g/mol. The average Bonchev–Trinajstić information content (AvgIpc) is 3.08. The maximum Gasteiger partial charge on any atom is 0.251 e. The number of anilines is 1. The molecule has 2 aromatic rings. The first-order chi connectivity index (χ1) is 11.7. The second-order valence-electron chi connectivity index (χ2n) is 5.60. The van der Waals surface area contributed by atoms with E-state index in [0.29, 0.717) is 17.6 Å². The Labute approximate surface area is 154 Å². The van der Waals surface area contributed by atoms with Crippen LogP contribution in [0.25, 0.3) is 11.2 Å². The van der Waals surface area contributed by atoms with Gasteiger partial charge in [-0.15, -0.1) is 12.2 Å². The lowest BCUT2D eigenvalue weighted by Crippen LogP contribution is -2.34. The van der Waals surface area contributed by atoms with Crippen LogP contribution in [0.3, 0.4) is 0 Å². The largest absolute Gasteiger partial charge is 0.382 e. The number of aromatic nitrogens is 4. The molecule has 3 heterocycles. The Morgan fingerprint density at radius 3 is 3.00 bits per heavy atom. The summed E-state index contributed by atoms with van der Waals surface area (Å²) in [5.74, 6) is 0.277. The first kappa shape index (κ1) is 19.2. The molecule has 14 heteroatoms. The van der Waals surface area contributed by atoms with E-state index in [1.165, 1.54) is 13.0 Å². The van der Waals surface area contributed by atoms with Crippen LogP contribution in [0.4, 0.5) is 5.82 Å². The number of nitrogens with zero attached hydrogens (tertiary/aromatic N) is 4. The smallest absolute Gasteiger partial charge is 0.251 e. The Balaban J connectivity index is 1.83. The van der Waals surface area contributed by atoms with Gasteiger partial charge in [0.25, 0.3) is 6.57 Å². The molecule has 1 aliphatic heterocycles. The molecule has 1 saturated heterocycles. The molecule has 0 amide bonds. The summed E-state index contributed by atoms with van der Waals surface area (Å²) >= 11 is 7.84. The van der Waals surface area contributed by atoms with Gasteiger partial charge in [-0.3, -0.25) is 18.8 Å². The summed E-state index contributed by atoms with van der Waals surface area (Å²) in [4.78, 5) is 12.3. The monoisotopic (exact) mass is 424 g/mol. The van der Waals surface area contributed by atoms with Gasteiger partial charge in [0, 0.05) is 19.1 Å². The maximum absolute atomic E-state index is 11.7. The summed E-state index contributed by atoms with van der Waals surface area (Å²) in [6.45, 7) is -1.52. The normalized spacial score (nSPS) is 27.4. The third kappa shape index (κ3) is 4.57. The highest BCUT2D eigenvalue weighted by molar-refractivity contribution is 8.46. The van der Waals surface area contributed by atoms with Crippen LogP contribution in [-0.4, -0.2) is 44.9 Å². The molecular weight excluding hydrogens is 406 g/mol. The fourth-order valence-corrected chi connectivity index (χ4v) is 4.40. The van der Waals surface area contributed by atoms with Gasteiger partial charge in [-0.05, 0) is 0 Å². The fraction of sp³-hybridized carbons (Fsp3) is 0.545. The molecule has 138 valence electrons. The molecule has 3 rings (SSSR count). The van der Waals surface area contributed by atoms with Crippen molar-refractivity contribution in [2.24, 2.45) is 0 Å². The zero-order chi connectivity index (χ0) is 18.2. The Bertz CT molecular complexity index is 845. The number of ether oxygens (including phenoxy) is 1. The Hall–Kier alpha value is -0.610. The van der Waals surface area contributed by atoms with Crippen molar-refractivity contribution in [1.29, 1.82) is 0 Å². The van der Waals surface area contributed by atoms with E-state index >= 15 is 0 Å². The lowest BCUT2D eigenvalue weighted by Gasteiger charge is -2.19. The lowest BCUT2D eigenvalue weighted by molar-refractivity contribution is -0.0181. The molecule has 5 atom stereocenters. The molecule has 0 spiro atoms. The van der Waals surface area contributed by atoms with E-state index in [9.17, 15) is 9.13 Å². The van der Waals surface area contributed by atoms with Crippen LogP contribution < -0.4 is 10.8 Å². The molecule has 0 aromatic carbocycles. The van der Waals surface area contributed by atoms with Crippen LogP contribution in [-0.2, 0) is 18.4 Å². The number of nitrogen functional groups attached to an aromatic ring is 1. The molecule has 0 radical (unpaired) electrons. The van der Waals surface area contributed by atoms with Gasteiger partial charge in [-0.25, -0.2) is 15.0 Å². The molecule has 10 nitrogen and oxygen atoms in total. The first-order valence-corrected chi connectivity index (χ1v) is 13.2. The quantitative estimate of drug-likeness (QED) is 0.404. The number of thiol groups is 2. The minimum Gasteiger partial charge on any atom is -0.382 e. The molecule has 0 aliphatic carbocycles. The number of hydrogen-bond donors (Lipinski definition) is 4. The number of nitrogens with two attached hydrogens (primary N) is 1.